The van der Waals surface area contributed by atoms with Crippen LogP contribution in [0.1, 0.15) is 42.1 Å². The van der Waals surface area contributed by atoms with E-state index in [2.05, 4.69) is 20.3 Å². The van der Waals surface area contributed by atoms with Crippen molar-refractivity contribution in [3.8, 4) is 0 Å². The average Bonchev–Trinajstić information content (AvgIpc) is 3.31. The first-order valence-corrected chi connectivity index (χ1v) is 8.68. The molecule has 0 unspecified atom stereocenters. The van der Waals surface area contributed by atoms with Gasteiger partial charge in [0, 0.05) is 43.2 Å². The Bertz CT molecular complexity index is 785. The predicted molar refractivity (Wildman–Crippen MR) is 84.0 cm³/mol. The number of fused-ring (bicyclic) bond motifs is 3. The van der Waals surface area contributed by atoms with Gasteiger partial charge in [-0.2, -0.15) is 23.4 Å². The summed E-state index contributed by atoms with van der Waals surface area (Å²) >= 11 is 0. The summed E-state index contributed by atoms with van der Waals surface area (Å²) in [6.07, 6.45) is 0.674. The molecule has 140 valence electrons. The minimum absolute atomic E-state index is 0.0385. The van der Waals surface area contributed by atoms with E-state index >= 15 is 0 Å². The summed E-state index contributed by atoms with van der Waals surface area (Å²) in [6.45, 7) is 1.68. The molecule has 4 rings (SSSR count). The van der Waals surface area contributed by atoms with Gasteiger partial charge in [-0.05, 0) is 25.2 Å². The number of carbonyl (C=O) groups excluding carboxylic acids is 1. The Kier molecular flexibility index (Phi) is 4.20. The van der Waals surface area contributed by atoms with Gasteiger partial charge in [0.25, 0.3) is 0 Å². The lowest BCUT2D eigenvalue weighted by atomic mass is 9.80. The number of aromatic nitrogens is 5. The highest BCUT2D eigenvalue weighted by Gasteiger charge is 2.45. The summed E-state index contributed by atoms with van der Waals surface area (Å²) in [5.41, 5.74) is 0.0364. The van der Waals surface area contributed by atoms with Crippen LogP contribution in [0.5, 0.6) is 0 Å². The predicted octanol–water partition coefficient (Wildman–Crippen LogP) is 1.99. The third kappa shape index (κ3) is 3.08. The number of nitrogens with one attached hydrogen (secondary N) is 1. The number of halogens is 3. The van der Waals surface area contributed by atoms with E-state index in [0.29, 0.717) is 51.0 Å². The number of aromatic amines is 1. The van der Waals surface area contributed by atoms with Gasteiger partial charge in [0.15, 0.2) is 5.69 Å². The lowest BCUT2D eigenvalue weighted by Crippen LogP contribution is -2.28. The van der Waals surface area contributed by atoms with Crippen LogP contribution in [-0.2, 0) is 23.9 Å². The number of amides is 1. The molecular weight excluding hydrogens is 349 g/mol. The largest absolute Gasteiger partial charge is 0.435 e. The first kappa shape index (κ1) is 17.0. The average molecular weight is 368 g/mol. The van der Waals surface area contributed by atoms with Gasteiger partial charge < -0.3 is 4.90 Å². The van der Waals surface area contributed by atoms with Crippen LogP contribution in [0.4, 0.5) is 13.2 Å². The first-order valence-electron chi connectivity index (χ1n) is 8.68. The van der Waals surface area contributed by atoms with Crippen molar-refractivity contribution in [2.75, 3.05) is 13.1 Å². The Balaban J connectivity index is 1.39. The molecule has 2 aliphatic rings. The van der Waals surface area contributed by atoms with Gasteiger partial charge in [0.05, 0.1) is 0 Å². The van der Waals surface area contributed by atoms with Gasteiger partial charge >= 0.3 is 6.18 Å². The van der Waals surface area contributed by atoms with Crippen LogP contribution in [0.25, 0.3) is 0 Å². The third-order valence-electron chi connectivity index (χ3n) is 5.34. The van der Waals surface area contributed by atoms with E-state index in [1.165, 1.54) is 6.33 Å². The maximum Gasteiger partial charge on any atom is 0.435 e. The molecule has 10 heteroatoms. The molecule has 1 aliphatic heterocycles. The minimum Gasteiger partial charge on any atom is -0.342 e. The van der Waals surface area contributed by atoms with Crippen LogP contribution in [0.15, 0.2) is 12.7 Å². The van der Waals surface area contributed by atoms with Crippen molar-refractivity contribution in [3.05, 3.63) is 29.6 Å². The van der Waals surface area contributed by atoms with Crippen molar-refractivity contribution < 1.29 is 18.0 Å². The normalized spacial score (nSPS) is 22.3. The minimum atomic E-state index is -4.44. The van der Waals surface area contributed by atoms with E-state index in [1.807, 2.05) is 0 Å². The van der Waals surface area contributed by atoms with Crippen molar-refractivity contribution >= 4 is 5.91 Å². The maximum atomic E-state index is 13.1. The Morgan fingerprint density at radius 2 is 2.19 bits per heavy atom. The van der Waals surface area contributed by atoms with Gasteiger partial charge in [0.1, 0.15) is 12.7 Å². The SMILES string of the molecule is O=C(CCCn1cncn1)N1C[C@H]2CCc3c(C(F)(F)F)n[nH]c3[C@H]2C1. The number of hydrogen-bond acceptors (Lipinski definition) is 4. The number of alkyl halides is 3. The Morgan fingerprint density at radius 3 is 2.92 bits per heavy atom. The maximum absolute atomic E-state index is 13.1. The number of carbonyl (C=O) groups is 1. The van der Waals surface area contributed by atoms with Gasteiger partial charge in [-0.15, -0.1) is 0 Å². The molecule has 3 heterocycles. The molecule has 0 bridgehead atoms. The Hall–Kier alpha value is -2.39. The molecular formula is C16H19F3N6O. The summed E-state index contributed by atoms with van der Waals surface area (Å²) in [7, 11) is 0. The highest BCUT2D eigenvalue weighted by atomic mass is 19.4. The van der Waals surface area contributed by atoms with Gasteiger partial charge in [0.2, 0.25) is 5.91 Å². The van der Waals surface area contributed by atoms with Crippen molar-refractivity contribution in [3.63, 3.8) is 0 Å². The molecule has 1 amide bonds. The number of likely N-dealkylation sites (tertiary alicyclic amines) is 1. The van der Waals surface area contributed by atoms with Crippen molar-refractivity contribution in [1.82, 2.24) is 29.9 Å². The molecule has 1 aliphatic carbocycles. The summed E-state index contributed by atoms with van der Waals surface area (Å²) in [6, 6.07) is 0. The lowest BCUT2D eigenvalue weighted by Gasteiger charge is -2.24. The monoisotopic (exact) mass is 368 g/mol. The van der Waals surface area contributed by atoms with Crippen molar-refractivity contribution in [2.24, 2.45) is 5.92 Å². The molecule has 2 aromatic heterocycles. The number of H-pyrrole nitrogens is 1. The van der Waals surface area contributed by atoms with Gasteiger partial charge in [-0.3, -0.25) is 14.6 Å². The molecule has 2 aromatic rings. The van der Waals surface area contributed by atoms with Crippen LogP contribution in [-0.4, -0.2) is 48.9 Å². The number of hydrogen-bond donors (Lipinski definition) is 1. The molecule has 0 radical (unpaired) electrons. The molecule has 26 heavy (non-hydrogen) atoms. The molecule has 0 saturated carbocycles. The van der Waals surface area contributed by atoms with E-state index in [4.69, 9.17) is 0 Å². The van der Waals surface area contributed by atoms with E-state index in [1.54, 1.807) is 15.9 Å². The van der Waals surface area contributed by atoms with Crippen LogP contribution in [0, 0.1) is 5.92 Å². The second kappa shape index (κ2) is 6.40. The van der Waals surface area contributed by atoms with E-state index in [9.17, 15) is 18.0 Å². The molecule has 1 saturated heterocycles. The zero-order valence-electron chi connectivity index (χ0n) is 14.0. The van der Waals surface area contributed by atoms with Crippen LogP contribution in [0.3, 0.4) is 0 Å². The van der Waals surface area contributed by atoms with Crippen molar-refractivity contribution in [2.45, 2.75) is 44.3 Å². The third-order valence-corrected chi connectivity index (χ3v) is 5.34. The smallest absolute Gasteiger partial charge is 0.342 e. The summed E-state index contributed by atoms with van der Waals surface area (Å²) in [5.74, 6) is 0.154. The zero-order valence-corrected chi connectivity index (χ0v) is 14.0. The van der Waals surface area contributed by atoms with E-state index in [-0.39, 0.29) is 23.3 Å². The number of rotatable bonds is 4. The summed E-state index contributed by atoms with van der Waals surface area (Å²) < 4.78 is 40.8. The second-order valence-electron chi connectivity index (χ2n) is 6.93. The highest BCUT2D eigenvalue weighted by Crippen LogP contribution is 2.44. The van der Waals surface area contributed by atoms with Crippen molar-refractivity contribution in [1.29, 1.82) is 0 Å². The van der Waals surface area contributed by atoms with Gasteiger partial charge in [-0.25, -0.2) is 4.98 Å². The van der Waals surface area contributed by atoms with Crippen LogP contribution < -0.4 is 0 Å². The standard InChI is InChI=1S/C16H19F3N6O/c17-16(18,19)15-11-4-3-10-6-24(7-12(10)14(11)22-23-15)13(26)2-1-5-25-9-20-8-21-25/h8-10,12H,1-7H2,(H,22,23)/t10-,12+/m1/s1. The second-order valence-corrected chi connectivity index (χ2v) is 6.93. The molecule has 2 atom stereocenters. The van der Waals surface area contributed by atoms with E-state index < -0.39 is 11.9 Å². The summed E-state index contributed by atoms with van der Waals surface area (Å²) in [4.78, 5) is 18.1. The Morgan fingerprint density at radius 1 is 1.35 bits per heavy atom. The fourth-order valence-corrected chi connectivity index (χ4v) is 4.10. The fourth-order valence-electron chi connectivity index (χ4n) is 4.10. The van der Waals surface area contributed by atoms with E-state index in [0.717, 1.165) is 0 Å². The Labute approximate surface area is 147 Å². The zero-order chi connectivity index (χ0) is 18.3. The highest BCUT2D eigenvalue weighted by molar-refractivity contribution is 5.76. The first-order chi connectivity index (χ1) is 12.4. The quantitative estimate of drug-likeness (QED) is 0.895. The molecule has 1 N–H and O–H groups in total. The molecule has 0 aromatic carbocycles. The lowest BCUT2D eigenvalue weighted by molar-refractivity contribution is -0.141. The molecule has 0 spiro atoms. The number of aryl methyl sites for hydroxylation is 1. The van der Waals surface area contributed by atoms with Gasteiger partial charge in [-0.1, -0.05) is 0 Å². The summed E-state index contributed by atoms with van der Waals surface area (Å²) in [5, 5.41) is 10.1. The van der Waals surface area contributed by atoms with Crippen LogP contribution in [0.2, 0.25) is 0 Å². The molecule has 7 nitrogen and oxygen atoms in total. The fraction of sp³-hybridized carbons (Fsp3) is 0.625. The van der Waals surface area contributed by atoms with Crippen LogP contribution >= 0.6 is 0 Å². The topological polar surface area (TPSA) is 79.7 Å². The number of nitrogens with zero attached hydrogens (tertiary/aromatic N) is 5. The molecule has 1 fully saturated rings.